The summed E-state index contributed by atoms with van der Waals surface area (Å²) in [7, 11) is 0. The molecule has 1 aliphatic carbocycles. The lowest BCUT2D eigenvalue weighted by atomic mass is 9.86. The van der Waals surface area contributed by atoms with Gasteiger partial charge in [0.2, 0.25) is 0 Å². The minimum absolute atomic E-state index is 0.0892. The molecule has 1 fully saturated rings. The molecule has 1 rings (SSSR count). The fraction of sp³-hybridized carbons (Fsp3) is 0.750. The van der Waals surface area contributed by atoms with Crippen LogP contribution in [0.5, 0.6) is 0 Å². The maximum Gasteiger partial charge on any atom is 0.310 e. The Labute approximate surface area is 86.3 Å². The normalized spacial score (nSPS) is 18.6. The smallest absolute Gasteiger partial charge is 0.310 e. The fourth-order valence-electron chi connectivity index (χ4n) is 2.00. The van der Waals surface area contributed by atoms with Crippen molar-refractivity contribution in [3.05, 3.63) is 12.3 Å². The topological polar surface area (TPSA) is 26.3 Å². The Balaban J connectivity index is 2.09. The van der Waals surface area contributed by atoms with E-state index in [1.807, 2.05) is 6.92 Å². The molecule has 0 spiro atoms. The Morgan fingerprint density at radius 3 is 2.71 bits per heavy atom. The highest BCUT2D eigenvalue weighted by Gasteiger charge is 2.14. The summed E-state index contributed by atoms with van der Waals surface area (Å²) in [6.45, 7) is 1.84. The molecule has 0 saturated heterocycles. The van der Waals surface area contributed by atoms with Crippen LogP contribution >= 0.6 is 0 Å². The minimum Gasteiger partial charge on any atom is -0.435 e. The fourth-order valence-corrected chi connectivity index (χ4v) is 2.00. The van der Waals surface area contributed by atoms with Gasteiger partial charge in [-0.3, -0.25) is 4.79 Å². The molecule has 2 heteroatoms. The maximum absolute atomic E-state index is 11.2. The van der Waals surface area contributed by atoms with Gasteiger partial charge in [-0.05, 0) is 19.3 Å². The standard InChI is InChI=1S/C12H20O2/c1-2-10-14-12(13)9-8-11-6-4-3-5-7-11/h2,10-11H,3-9H2,1H3. The summed E-state index contributed by atoms with van der Waals surface area (Å²) >= 11 is 0. The monoisotopic (exact) mass is 196 g/mol. The SMILES string of the molecule is CC=COC(=O)CCC1CCCCC1. The van der Waals surface area contributed by atoms with Crippen LogP contribution in [-0.4, -0.2) is 5.97 Å². The number of hydrogen-bond acceptors (Lipinski definition) is 2. The van der Waals surface area contributed by atoms with Crippen LogP contribution in [0.4, 0.5) is 0 Å². The molecule has 80 valence electrons. The molecule has 0 aromatic carbocycles. The number of allylic oxidation sites excluding steroid dienone is 1. The van der Waals surface area contributed by atoms with Crippen LogP contribution in [0, 0.1) is 5.92 Å². The van der Waals surface area contributed by atoms with Crippen LogP contribution < -0.4 is 0 Å². The number of esters is 1. The molecule has 14 heavy (non-hydrogen) atoms. The third-order valence-corrected chi connectivity index (χ3v) is 2.82. The summed E-state index contributed by atoms with van der Waals surface area (Å²) in [5, 5.41) is 0. The van der Waals surface area contributed by atoms with E-state index in [1.54, 1.807) is 6.08 Å². The highest BCUT2D eigenvalue weighted by molar-refractivity contribution is 5.69. The molecule has 1 saturated carbocycles. The second-order valence-corrected chi connectivity index (χ2v) is 4.00. The van der Waals surface area contributed by atoms with Gasteiger partial charge in [-0.1, -0.05) is 38.2 Å². The van der Waals surface area contributed by atoms with Gasteiger partial charge in [0, 0.05) is 6.42 Å². The first-order valence-corrected chi connectivity index (χ1v) is 5.63. The van der Waals surface area contributed by atoms with Crippen LogP contribution in [0.3, 0.4) is 0 Å². The van der Waals surface area contributed by atoms with E-state index in [0.717, 1.165) is 12.3 Å². The molecule has 0 N–H and O–H groups in total. The number of hydrogen-bond donors (Lipinski definition) is 0. The lowest BCUT2D eigenvalue weighted by Gasteiger charge is -2.20. The van der Waals surface area contributed by atoms with Gasteiger partial charge in [-0.2, -0.15) is 0 Å². The first kappa shape index (κ1) is 11.3. The van der Waals surface area contributed by atoms with Crippen molar-refractivity contribution in [1.29, 1.82) is 0 Å². The van der Waals surface area contributed by atoms with Crippen molar-refractivity contribution in [1.82, 2.24) is 0 Å². The Morgan fingerprint density at radius 1 is 1.36 bits per heavy atom. The summed E-state index contributed by atoms with van der Waals surface area (Å²) in [6.07, 6.45) is 11.4. The van der Waals surface area contributed by atoms with E-state index in [4.69, 9.17) is 4.74 Å². The van der Waals surface area contributed by atoms with Gasteiger partial charge in [-0.25, -0.2) is 0 Å². The van der Waals surface area contributed by atoms with Crippen molar-refractivity contribution in [3.63, 3.8) is 0 Å². The quantitative estimate of drug-likeness (QED) is 0.508. The van der Waals surface area contributed by atoms with Gasteiger partial charge >= 0.3 is 5.97 Å². The lowest BCUT2D eigenvalue weighted by Crippen LogP contribution is -2.09. The van der Waals surface area contributed by atoms with Crippen LogP contribution in [0.15, 0.2) is 12.3 Å². The van der Waals surface area contributed by atoms with Crippen molar-refractivity contribution >= 4 is 5.97 Å². The molecule has 0 atom stereocenters. The van der Waals surface area contributed by atoms with Crippen molar-refractivity contribution in [2.45, 2.75) is 51.9 Å². The molecule has 0 aromatic heterocycles. The Bertz CT molecular complexity index is 190. The zero-order chi connectivity index (χ0) is 10.2. The van der Waals surface area contributed by atoms with Crippen LogP contribution in [0.1, 0.15) is 51.9 Å². The first-order valence-electron chi connectivity index (χ1n) is 5.63. The lowest BCUT2D eigenvalue weighted by molar-refractivity contribution is -0.138. The molecular formula is C12H20O2. The molecule has 0 heterocycles. The van der Waals surface area contributed by atoms with E-state index in [2.05, 4.69) is 0 Å². The second-order valence-electron chi connectivity index (χ2n) is 4.00. The van der Waals surface area contributed by atoms with Crippen LogP contribution in [-0.2, 0) is 9.53 Å². The Kier molecular flexibility index (Phi) is 5.35. The highest BCUT2D eigenvalue weighted by Crippen LogP contribution is 2.27. The minimum atomic E-state index is -0.0892. The summed E-state index contributed by atoms with van der Waals surface area (Å²) in [5.41, 5.74) is 0. The van der Waals surface area contributed by atoms with Gasteiger partial charge in [-0.15, -0.1) is 0 Å². The number of rotatable bonds is 4. The third-order valence-electron chi connectivity index (χ3n) is 2.82. The second kappa shape index (κ2) is 6.63. The van der Waals surface area contributed by atoms with E-state index in [0.29, 0.717) is 6.42 Å². The highest BCUT2D eigenvalue weighted by atomic mass is 16.5. The first-order chi connectivity index (χ1) is 6.83. The predicted octanol–water partition coefficient (Wildman–Crippen LogP) is 3.42. The van der Waals surface area contributed by atoms with Gasteiger partial charge in [0.15, 0.2) is 0 Å². The zero-order valence-corrected chi connectivity index (χ0v) is 9.00. The Morgan fingerprint density at radius 2 is 2.07 bits per heavy atom. The van der Waals surface area contributed by atoms with E-state index >= 15 is 0 Å². The molecule has 0 aromatic rings. The zero-order valence-electron chi connectivity index (χ0n) is 9.00. The van der Waals surface area contributed by atoms with Crippen molar-refractivity contribution in [2.75, 3.05) is 0 Å². The van der Waals surface area contributed by atoms with Crippen LogP contribution in [0.2, 0.25) is 0 Å². The van der Waals surface area contributed by atoms with Gasteiger partial charge in [0.1, 0.15) is 0 Å². The van der Waals surface area contributed by atoms with Crippen molar-refractivity contribution < 1.29 is 9.53 Å². The molecular weight excluding hydrogens is 176 g/mol. The van der Waals surface area contributed by atoms with Gasteiger partial charge in [0.05, 0.1) is 6.26 Å². The van der Waals surface area contributed by atoms with Crippen molar-refractivity contribution in [3.8, 4) is 0 Å². The van der Waals surface area contributed by atoms with E-state index in [1.165, 1.54) is 38.4 Å². The predicted molar refractivity (Wildman–Crippen MR) is 56.7 cm³/mol. The van der Waals surface area contributed by atoms with Crippen molar-refractivity contribution in [2.24, 2.45) is 5.92 Å². The van der Waals surface area contributed by atoms with Crippen LogP contribution in [0.25, 0.3) is 0 Å². The average Bonchev–Trinajstić information content (AvgIpc) is 2.25. The Hall–Kier alpha value is -0.790. The summed E-state index contributed by atoms with van der Waals surface area (Å²) in [4.78, 5) is 11.2. The molecule has 0 radical (unpaired) electrons. The number of carbonyl (C=O) groups excluding carboxylic acids is 1. The maximum atomic E-state index is 11.2. The molecule has 0 aliphatic heterocycles. The summed E-state index contributed by atoms with van der Waals surface area (Å²) in [5.74, 6) is 0.676. The summed E-state index contributed by atoms with van der Waals surface area (Å²) < 4.78 is 4.86. The third kappa shape index (κ3) is 4.45. The van der Waals surface area contributed by atoms with E-state index in [-0.39, 0.29) is 5.97 Å². The van der Waals surface area contributed by atoms with E-state index < -0.39 is 0 Å². The van der Waals surface area contributed by atoms with E-state index in [9.17, 15) is 4.79 Å². The van der Waals surface area contributed by atoms with Gasteiger partial charge < -0.3 is 4.74 Å². The molecule has 2 nitrogen and oxygen atoms in total. The number of carbonyl (C=O) groups is 1. The molecule has 1 aliphatic rings. The molecule has 0 bridgehead atoms. The molecule has 0 unspecified atom stereocenters. The van der Waals surface area contributed by atoms with Gasteiger partial charge in [0.25, 0.3) is 0 Å². The summed E-state index contributed by atoms with van der Waals surface area (Å²) in [6, 6.07) is 0. The average molecular weight is 196 g/mol. The largest absolute Gasteiger partial charge is 0.435 e. The molecule has 0 amide bonds. The number of ether oxygens (including phenoxy) is 1.